The fourth-order valence-corrected chi connectivity index (χ4v) is 4.75. The molecule has 0 saturated heterocycles. The number of nitrogens with one attached hydrogen (secondary N) is 1. The Balaban J connectivity index is 1.47. The van der Waals surface area contributed by atoms with Crippen molar-refractivity contribution in [3.63, 3.8) is 0 Å². The van der Waals surface area contributed by atoms with Gasteiger partial charge in [0.1, 0.15) is 5.39 Å². The average Bonchev–Trinajstić information content (AvgIpc) is 3.34. The maximum absolute atomic E-state index is 13.2. The molecule has 0 radical (unpaired) electrons. The number of benzene rings is 1. The summed E-state index contributed by atoms with van der Waals surface area (Å²) < 4.78 is 3.20. The molecule has 0 spiro atoms. The van der Waals surface area contributed by atoms with Crippen molar-refractivity contribution in [2.45, 2.75) is 17.6 Å². The number of fused-ring (bicyclic) bond motifs is 2. The Labute approximate surface area is 179 Å². The van der Waals surface area contributed by atoms with E-state index in [1.54, 1.807) is 45.9 Å². The summed E-state index contributed by atoms with van der Waals surface area (Å²) in [6, 6.07) is 10.4. The van der Waals surface area contributed by atoms with Crippen LogP contribution in [-0.2, 0) is 4.79 Å². The normalized spacial score (nSPS) is 15.3. The highest BCUT2D eigenvalue weighted by Gasteiger charge is 2.29. The van der Waals surface area contributed by atoms with Crippen molar-refractivity contribution in [3.05, 3.63) is 70.4 Å². The molecule has 10 heteroatoms. The van der Waals surface area contributed by atoms with Gasteiger partial charge in [-0.25, -0.2) is 9.67 Å². The molecule has 150 valence electrons. The molecular weight excluding hydrogens is 424 g/mol. The minimum atomic E-state index is -0.272. The summed E-state index contributed by atoms with van der Waals surface area (Å²) in [6.45, 7) is 0. The third-order valence-electron chi connectivity index (χ3n) is 4.81. The Morgan fingerprint density at radius 1 is 1.27 bits per heavy atom. The van der Waals surface area contributed by atoms with E-state index < -0.39 is 0 Å². The van der Waals surface area contributed by atoms with Crippen LogP contribution in [0, 0.1) is 0 Å². The number of aromatic nitrogens is 5. The number of nitrogens with zero attached hydrogens (tertiary/aromatic N) is 5. The molecule has 1 aliphatic rings. The number of thioether (sulfide) groups is 1. The molecule has 4 aromatic rings. The summed E-state index contributed by atoms with van der Waals surface area (Å²) in [5, 5.41) is 8.73. The van der Waals surface area contributed by atoms with Gasteiger partial charge in [-0.15, -0.1) is 0 Å². The van der Waals surface area contributed by atoms with Crippen molar-refractivity contribution in [1.29, 1.82) is 0 Å². The zero-order chi connectivity index (χ0) is 20.7. The predicted octanol–water partition coefficient (Wildman–Crippen LogP) is 3.31. The number of hydrogen-bond donors (Lipinski definition) is 1. The minimum absolute atomic E-state index is 0.165. The van der Waals surface area contributed by atoms with Gasteiger partial charge in [0.05, 0.1) is 17.9 Å². The van der Waals surface area contributed by atoms with Crippen molar-refractivity contribution < 1.29 is 4.79 Å². The van der Waals surface area contributed by atoms with Crippen LogP contribution >= 0.6 is 23.4 Å². The zero-order valence-electron chi connectivity index (χ0n) is 15.5. The van der Waals surface area contributed by atoms with E-state index in [0.29, 0.717) is 32.7 Å². The Kier molecular flexibility index (Phi) is 4.76. The second kappa shape index (κ2) is 7.58. The fourth-order valence-electron chi connectivity index (χ4n) is 3.44. The maximum Gasteiger partial charge on any atom is 0.265 e. The summed E-state index contributed by atoms with van der Waals surface area (Å²) in [5.74, 6) is 0.435. The van der Waals surface area contributed by atoms with Gasteiger partial charge in [0.15, 0.2) is 10.8 Å². The van der Waals surface area contributed by atoms with Crippen LogP contribution in [0.15, 0.2) is 64.9 Å². The number of carbonyl (C=O) groups is 1. The molecule has 0 saturated carbocycles. The smallest absolute Gasteiger partial charge is 0.265 e. The van der Waals surface area contributed by atoms with E-state index in [9.17, 15) is 9.59 Å². The number of pyridine rings is 1. The fraction of sp³-hybridized carbons (Fsp3) is 0.150. The first-order valence-electron chi connectivity index (χ1n) is 9.19. The number of carbonyl (C=O) groups excluding carboxylic acids is 1. The first-order valence-corrected chi connectivity index (χ1v) is 10.6. The molecular formula is C20H15ClN6O2S. The summed E-state index contributed by atoms with van der Waals surface area (Å²) in [6.07, 6.45) is 4.91. The second-order valence-electron chi connectivity index (χ2n) is 6.80. The Bertz CT molecular complexity index is 1320. The number of halogens is 1. The number of rotatable bonds is 4. The van der Waals surface area contributed by atoms with Gasteiger partial charge < -0.3 is 5.32 Å². The third-order valence-corrected chi connectivity index (χ3v) is 6.14. The van der Waals surface area contributed by atoms with Crippen molar-refractivity contribution in [2.75, 3.05) is 11.1 Å². The Morgan fingerprint density at radius 3 is 2.90 bits per heavy atom. The SMILES string of the molecule is O=C(CC1CSc2nc3c(cnn3-c3cccc(Cl)c3)c(=O)n21)Nc1ccncc1. The first kappa shape index (κ1) is 18.8. The quantitative estimate of drug-likeness (QED) is 0.491. The summed E-state index contributed by atoms with van der Waals surface area (Å²) in [4.78, 5) is 34.2. The van der Waals surface area contributed by atoms with Crippen molar-refractivity contribution >= 4 is 46.0 Å². The van der Waals surface area contributed by atoms with Gasteiger partial charge in [-0.1, -0.05) is 29.4 Å². The largest absolute Gasteiger partial charge is 0.326 e. The van der Waals surface area contributed by atoms with Gasteiger partial charge in [0.2, 0.25) is 5.91 Å². The highest BCUT2D eigenvalue weighted by atomic mass is 35.5. The summed E-state index contributed by atoms with van der Waals surface area (Å²) in [7, 11) is 0. The van der Waals surface area contributed by atoms with Crippen LogP contribution in [0.1, 0.15) is 12.5 Å². The van der Waals surface area contributed by atoms with Gasteiger partial charge in [0.25, 0.3) is 5.56 Å². The zero-order valence-corrected chi connectivity index (χ0v) is 17.1. The molecule has 1 amide bonds. The van der Waals surface area contributed by atoms with Crippen LogP contribution in [0.25, 0.3) is 16.7 Å². The van der Waals surface area contributed by atoms with Gasteiger partial charge in [0, 0.05) is 35.3 Å². The second-order valence-corrected chi connectivity index (χ2v) is 8.22. The van der Waals surface area contributed by atoms with E-state index in [0.717, 1.165) is 5.69 Å². The Morgan fingerprint density at radius 2 is 2.10 bits per heavy atom. The molecule has 8 nitrogen and oxygen atoms in total. The number of hydrogen-bond acceptors (Lipinski definition) is 6. The predicted molar refractivity (Wildman–Crippen MR) is 115 cm³/mol. The average molecular weight is 439 g/mol. The van der Waals surface area contributed by atoms with Crippen molar-refractivity contribution in [2.24, 2.45) is 0 Å². The van der Waals surface area contributed by atoms with E-state index >= 15 is 0 Å². The van der Waals surface area contributed by atoms with Crippen molar-refractivity contribution in [3.8, 4) is 5.69 Å². The van der Waals surface area contributed by atoms with E-state index in [-0.39, 0.29) is 23.9 Å². The molecule has 4 heterocycles. The molecule has 3 aromatic heterocycles. The number of anilines is 1. The van der Waals surface area contributed by atoms with Crippen LogP contribution in [0.4, 0.5) is 5.69 Å². The highest BCUT2D eigenvalue weighted by molar-refractivity contribution is 7.99. The molecule has 0 aliphatic carbocycles. The maximum atomic E-state index is 13.2. The lowest BCUT2D eigenvalue weighted by Crippen LogP contribution is -2.27. The van der Waals surface area contributed by atoms with Gasteiger partial charge in [-0.05, 0) is 30.3 Å². The van der Waals surface area contributed by atoms with E-state index in [4.69, 9.17) is 11.6 Å². The molecule has 5 rings (SSSR count). The van der Waals surface area contributed by atoms with E-state index in [2.05, 4.69) is 20.4 Å². The van der Waals surface area contributed by atoms with E-state index in [1.165, 1.54) is 18.0 Å². The summed E-state index contributed by atoms with van der Waals surface area (Å²) >= 11 is 7.55. The van der Waals surface area contributed by atoms with Crippen LogP contribution in [0.3, 0.4) is 0 Å². The molecule has 0 fully saturated rings. The molecule has 1 aromatic carbocycles. The molecule has 1 N–H and O–H groups in total. The lowest BCUT2D eigenvalue weighted by Gasteiger charge is -2.13. The minimum Gasteiger partial charge on any atom is -0.326 e. The Hall–Kier alpha value is -3.17. The molecule has 0 bridgehead atoms. The van der Waals surface area contributed by atoms with Crippen LogP contribution in [0.5, 0.6) is 0 Å². The number of amides is 1. The third kappa shape index (κ3) is 3.35. The topological polar surface area (TPSA) is 94.7 Å². The molecule has 1 aliphatic heterocycles. The van der Waals surface area contributed by atoms with E-state index in [1.807, 2.05) is 12.1 Å². The molecule has 1 unspecified atom stereocenters. The van der Waals surface area contributed by atoms with Gasteiger partial charge in [-0.2, -0.15) is 5.10 Å². The van der Waals surface area contributed by atoms with Crippen LogP contribution in [0.2, 0.25) is 5.02 Å². The monoisotopic (exact) mass is 438 g/mol. The van der Waals surface area contributed by atoms with Gasteiger partial charge in [-0.3, -0.25) is 19.1 Å². The highest BCUT2D eigenvalue weighted by Crippen LogP contribution is 2.33. The standard InChI is InChI=1S/C20H15ClN6O2S/c21-12-2-1-3-14(8-12)27-18-16(10-23-27)19(29)26-15(11-30-20(26)25-18)9-17(28)24-13-4-6-22-7-5-13/h1-8,10,15H,9,11H2,(H,22,24,28). The molecule has 1 atom stereocenters. The van der Waals surface area contributed by atoms with Crippen LogP contribution < -0.4 is 10.9 Å². The lowest BCUT2D eigenvalue weighted by atomic mass is 10.2. The van der Waals surface area contributed by atoms with Crippen molar-refractivity contribution in [1.82, 2.24) is 24.3 Å². The van der Waals surface area contributed by atoms with Gasteiger partial charge >= 0.3 is 0 Å². The first-order chi connectivity index (χ1) is 14.6. The molecule has 30 heavy (non-hydrogen) atoms. The summed E-state index contributed by atoms with van der Waals surface area (Å²) in [5.41, 5.74) is 1.67. The lowest BCUT2D eigenvalue weighted by molar-refractivity contribution is -0.116. The van der Waals surface area contributed by atoms with Crippen LogP contribution in [-0.4, -0.2) is 36.0 Å².